The van der Waals surface area contributed by atoms with Gasteiger partial charge in [-0.1, -0.05) is 0 Å². The molecule has 17 heavy (non-hydrogen) atoms. The molecule has 0 saturated carbocycles. The number of hydrogen-bond acceptors (Lipinski definition) is 3. The molecule has 0 fully saturated rings. The molecule has 3 N–H and O–H groups in total. The van der Waals surface area contributed by atoms with E-state index >= 15 is 0 Å². The third kappa shape index (κ3) is 4.40. The summed E-state index contributed by atoms with van der Waals surface area (Å²) in [5, 5.41) is 2.57. The quantitative estimate of drug-likeness (QED) is 0.826. The van der Waals surface area contributed by atoms with Crippen LogP contribution in [-0.4, -0.2) is 18.6 Å². The molecular formula is C12H17FN2O2. The first-order chi connectivity index (χ1) is 8.02. The van der Waals surface area contributed by atoms with Crippen LogP contribution in [0.25, 0.3) is 0 Å². The van der Waals surface area contributed by atoms with E-state index < -0.39 is 5.82 Å². The van der Waals surface area contributed by atoms with Crippen LogP contribution in [0.15, 0.2) is 18.2 Å². The molecule has 1 aromatic rings. The van der Waals surface area contributed by atoms with Gasteiger partial charge in [0.1, 0.15) is 0 Å². The van der Waals surface area contributed by atoms with Crippen LogP contribution in [0.1, 0.15) is 20.3 Å². The van der Waals surface area contributed by atoms with Crippen molar-refractivity contribution in [1.82, 2.24) is 0 Å². The minimum atomic E-state index is -0.495. The van der Waals surface area contributed by atoms with Gasteiger partial charge in [-0.2, -0.15) is 0 Å². The van der Waals surface area contributed by atoms with Crippen LogP contribution in [0.4, 0.5) is 10.1 Å². The Morgan fingerprint density at radius 3 is 2.82 bits per heavy atom. The van der Waals surface area contributed by atoms with Crippen LogP contribution in [0, 0.1) is 5.82 Å². The first-order valence-corrected chi connectivity index (χ1v) is 5.50. The average molecular weight is 240 g/mol. The number of halogens is 1. The van der Waals surface area contributed by atoms with Crippen LogP contribution < -0.4 is 15.8 Å². The maximum Gasteiger partial charge on any atom is 0.225 e. The Labute approximate surface area is 100.0 Å². The maximum absolute atomic E-state index is 13.4. The summed E-state index contributed by atoms with van der Waals surface area (Å²) in [5.74, 6) is -0.549. The molecule has 0 aliphatic carbocycles. The molecule has 1 amide bonds. The summed E-state index contributed by atoms with van der Waals surface area (Å²) in [6.07, 6.45) is 0.203. The zero-order chi connectivity index (χ0) is 12.8. The number of ether oxygens (including phenoxy) is 1. The second-order valence-corrected chi connectivity index (χ2v) is 3.81. The van der Waals surface area contributed by atoms with Gasteiger partial charge in [-0.05, 0) is 26.0 Å². The molecule has 0 aromatic heterocycles. The minimum absolute atomic E-state index is 0.178. The zero-order valence-electron chi connectivity index (χ0n) is 10.00. The lowest BCUT2D eigenvalue weighted by molar-refractivity contribution is -0.116. The first-order valence-electron chi connectivity index (χ1n) is 5.50. The monoisotopic (exact) mass is 240 g/mol. The number of amides is 1. The molecule has 5 heteroatoms. The molecule has 94 valence electrons. The highest BCUT2D eigenvalue weighted by Gasteiger charge is 2.08. The normalized spacial score (nSPS) is 12.0. The lowest BCUT2D eigenvalue weighted by Crippen LogP contribution is -2.24. The van der Waals surface area contributed by atoms with Gasteiger partial charge in [0, 0.05) is 24.2 Å². The first kappa shape index (κ1) is 13.4. The molecule has 0 aliphatic rings. The fourth-order valence-electron chi connectivity index (χ4n) is 1.36. The van der Waals surface area contributed by atoms with E-state index in [0.29, 0.717) is 12.3 Å². The van der Waals surface area contributed by atoms with Crippen LogP contribution in [-0.2, 0) is 4.79 Å². The maximum atomic E-state index is 13.4. The number of nitrogens with two attached hydrogens (primary N) is 1. The van der Waals surface area contributed by atoms with Crippen molar-refractivity contribution in [2.45, 2.75) is 26.3 Å². The van der Waals surface area contributed by atoms with E-state index in [4.69, 9.17) is 10.5 Å². The van der Waals surface area contributed by atoms with E-state index in [1.54, 1.807) is 19.9 Å². The van der Waals surface area contributed by atoms with E-state index in [1.165, 1.54) is 12.1 Å². The average Bonchev–Trinajstić information content (AvgIpc) is 2.21. The zero-order valence-corrected chi connectivity index (χ0v) is 10.00. The molecule has 0 saturated heterocycles. The molecule has 1 atom stereocenters. The number of carbonyl (C=O) groups excluding carboxylic acids is 1. The van der Waals surface area contributed by atoms with Gasteiger partial charge in [0.25, 0.3) is 0 Å². The summed E-state index contributed by atoms with van der Waals surface area (Å²) in [7, 11) is 0. The van der Waals surface area contributed by atoms with Gasteiger partial charge in [-0.3, -0.25) is 4.79 Å². The van der Waals surface area contributed by atoms with Crippen molar-refractivity contribution in [3.8, 4) is 5.75 Å². The topological polar surface area (TPSA) is 64.3 Å². The number of rotatable bonds is 5. The number of benzene rings is 1. The van der Waals surface area contributed by atoms with E-state index in [1.807, 2.05) is 0 Å². The van der Waals surface area contributed by atoms with Crippen LogP contribution >= 0.6 is 0 Å². The van der Waals surface area contributed by atoms with Gasteiger partial charge in [-0.15, -0.1) is 0 Å². The number of nitrogens with one attached hydrogen (secondary N) is 1. The Bertz CT molecular complexity index is 394. The van der Waals surface area contributed by atoms with Crippen molar-refractivity contribution in [3.63, 3.8) is 0 Å². The van der Waals surface area contributed by atoms with E-state index in [0.717, 1.165) is 0 Å². The summed E-state index contributed by atoms with van der Waals surface area (Å²) < 4.78 is 18.5. The van der Waals surface area contributed by atoms with Crippen molar-refractivity contribution in [1.29, 1.82) is 0 Å². The second-order valence-electron chi connectivity index (χ2n) is 3.81. The van der Waals surface area contributed by atoms with Gasteiger partial charge in [0.2, 0.25) is 5.91 Å². The molecule has 0 bridgehead atoms. The molecular weight excluding hydrogens is 223 g/mol. The van der Waals surface area contributed by atoms with E-state index in [-0.39, 0.29) is 24.1 Å². The van der Waals surface area contributed by atoms with Crippen molar-refractivity contribution in [2.75, 3.05) is 11.9 Å². The molecule has 1 unspecified atom stereocenters. The van der Waals surface area contributed by atoms with Gasteiger partial charge >= 0.3 is 0 Å². The predicted octanol–water partition coefficient (Wildman–Crippen LogP) is 1.90. The Morgan fingerprint density at radius 2 is 2.29 bits per heavy atom. The largest absolute Gasteiger partial charge is 0.491 e. The Morgan fingerprint density at radius 1 is 1.59 bits per heavy atom. The van der Waals surface area contributed by atoms with Crippen LogP contribution in [0.3, 0.4) is 0 Å². The van der Waals surface area contributed by atoms with Crippen molar-refractivity contribution < 1.29 is 13.9 Å². The molecule has 0 aliphatic heterocycles. The highest BCUT2D eigenvalue weighted by molar-refractivity contribution is 5.91. The summed E-state index contributed by atoms with van der Waals surface area (Å²) in [4.78, 5) is 11.4. The van der Waals surface area contributed by atoms with E-state index in [9.17, 15) is 9.18 Å². The second kappa shape index (κ2) is 6.20. The summed E-state index contributed by atoms with van der Waals surface area (Å²) in [5.41, 5.74) is 5.89. The number of hydrogen-bond donors (Lipinski definition) is 2. The molecule has 0 heterocycles. The van der Waals surface area contributed by atoms with Gasteiger partial charge in [0.05, 0.1) is 6.61 Å². The molecule has 0 spiro atoms. The third-order valence-corrected chi connectivity index (χ3v) is 2.02. The van der Waals surface area contributed by atoms with Crippen LogP contribution in [0.5, 0.6) is 5.75 Å². The van der Waals surface area contributed by atoms with Crippen molar-refractivity contribution in [3.05, 3.63) is 24.0 Å². The number of carbonyl (C=O) groups is 1. The third-order valence-electron chi connectivity index (χ3n) is 2.02. The van der Waals surface area contributed by atoms with Gasteiger partial charge in [-0.25, -0.2) is 4.39 Å². The lowest BCUT2D eigenvalue weighted by atomic mass is 10.2. The minimum Gasteiger partial charge on any atom is -0.491 e. The molecule has 4 nitrogen and oxygen atoms in total. The SMILES string of the molecule is CCOc1ccc(NC(=O)CC(C)N)cc1F. The molecule has 1 aromatic carbocycles. The molecule has 1 rings (SSSR count). The van der Waals surface area contributed by atoms with Crippen molar-refractivity contribution in [2.24, 2.45) is 5.73 Å². The van der Waals surface area contributed by atoms with Crippen LogP contribution in [0.2, 0.25) is 0 Å². The highest BCUT2D eigenvalue weighted by Crippen LogP contribution is 2.21. The summed E-state index contributed by atoms with van der Waals surface area (Å²) in [6, 6.07) is 4.08. The molecule has 0 radical (unpaired) electrons. The lowest BCUT2D eigenvalue weighted by Gasteiger charge is -2.09. The summed E-state index contributed by atoms with van der Waals surface area (Å²) >= 11 is 0. The standard InChI is InChI=1S/C12H17FN2O2/c1-3-17-11-5-4-9(7-10(11)13)15-12(16)6-8(2)14/h4-5,7-8H,3,6,14H2,1-2H3,(H,15,16). The smallest absolute Gasteiger partial charge is 0.225 e. The Hall–Kier alpha value is -1.62. The fraction of sp³-hybridized carbons (Fsp3) is 0.417. The summed E-state index contributed by atoms with van der Waals surface area (Å²) in [6.45, 7) is 3.91. The van der Waals surface area contributed by atoms with Gasteiger partial charge in [0.15, 0.2) is 11.6 Å². The highest BCUT2D eigenvalue weighted by atomic mass is 19.1. The Balaban J connectivity index is 2.67. The predicted molar refractivity (Wildman–Crippen MR) is 64.5 cm³/mol. The van der Waals surface area contributed by atoms with Crippen molar-refractivity contribution >= 4 is 11.6 Å². The number of anilines is 1. The Kier molecular flexibility index (Phi) is 4.90. The fourth-order valence-corrected chi connectivity index (χ4v) is 1.36. The van der Waals surface area contributed by atoms with Gasteiger partial charge < -0.3 is 15.8 Å². The van der Waals surface area contributed by atoms with E-state index in [2.05, 4.69) is 5.32 Å².